The van der Waals surface area contributed by atoms with E-state index in [0.29, 0.717) is 89.9 Å². The first-order valence-electron chi connectivity index (χ1n) is 21.6. The van der Waals surface area contributed by atoms with E-state index in [9.17, 15) is 19.2 Å². The van der Waals surface area contributed by atoms with E-state index in [2.05, 4.69) is 25.4 Å². The first-order chi connectivity index (χ1) is 29.9. The number of amides is 4. The molecule has 0 spiro atoms. The molecule has 4 amide bonds. The SMILES string of the molecule is O=C(Nc1ccc(-c2cc3cc(NC(=O)[C@@H]4CCCN4C(=O)[C@@H](c4ccccc4)N4CCOCC4)ccc3[nH]2)cc1)[C@@H]1CCCN1C(=O)[C@@H](c1ccccc1)N1CCOCC1. The molecule has 13 heteroatoms. The summed E-state index contributed by atoms with van der Waals surface area (Å²) < 4.78 is 11.2. The number of fused-ring (bicyclic) bond motifs is 1. The summed E-state index contributed by atoms with van der Waals surface area (Å²) in [6, 6.07) is 33.1. The largest absolute Gasteiger partial charge is 0.379 e. The molecule has 0 saturated carbocycles. The summed E-state index contributed by atoms with van der Waals surface area (Å²) in [4.78, 5) is 67.3. The number of anilines is 2. The van der Waals surface area contributed by atoms with E-state index in [1.54, 1.807) is 9.80 Å². The number of ether oxygens (including phenoxy) is 2. The van der Waals surface area contributed by atoms with Gasteiger partial charge in [-0.25, -0.2) is 0 Å². The smallest absolute Gasteiger partial charge is 0.247 e. The number of carbonyl (C=O) groups is 4. The van der Waals surface area contributed by atoms with Crippen molar-refractivity contribution < 1.29 is 28.7 Å². The molecular weight excluding hydrogens is 771 g/mol. The Hall–Kier alpha value is -5.86. The molecule has 0 unspecified atom stereocenters. The van der Waals surface area contributed by atoms with Crippen LogP contribution in [0.5, 0.6) is 0 Å². The summed E-state index contributed by atoms with van der Waals surface area (Å²) in [5, 5.41) is 7.11. The van der Waals surface area contributed by atoms with E-state index in [1.807, 2.05) is 109 Å². The van der Waals surface area contributed by atoms with Crippen LogP contribution in [0.15, 0.2) is 109 Å². The van der Waals surface area contributed by atoms with Crippen LogP contribution in [0, 0.1) is 0 Å². The highest BCUT2D eigenvalue weighted by Gasteiger charge is 2.41. The minimum Gasteiger partial charge on any atom is -0.379 e. The number of morpholine rings is 2. The number of hydrogen-bond acceptors (Lipinski definition) is 8. The van der Waals surface area contributed by atoms with Crippen LogP contribution in [0.2, 0.25) is 0 Å². The number of nitrogens with zero attached hydrogens (tertiary/aromatic N) is 4. The van der Waals surface area contributed by atoms with Crippen molar-refractivity contribution in [3.05, 3.63) is 120 Å². The van der Waals surface area contributed by atoms with Gasteiger partial charge in [0, 0.05) is 67.2 Å². The molecule has 4 saturated heterocycles. The lowest BCUT2D eigenvalue weighted by atomic mass is 10.0. The van der Waals surface area contributed by atoms with Crippen LogP contribution in [-0.2, 0) is 28.7 Å². The molecule has 4 aromatic carbocycles. The summed E-state index contributed by atoms with van der Waals surface area (Å²) in [5.41, 5.74) is 5.90. The van der Waals surface area contributed by atoms with Gasteiger partial charge in [-0.3, -0.25) is 29.0 Å². The van der Waals surface area contributed by atoms with Crippen molar-refractivity contribution in [3.63, 3.8) is 0 Å². The number of H-pyrrole nitrogens is 1. The molecule has 4 aliphatic heterocycles. The van der Waals surface area contributed by atoms with Gasteiger partial charge < -0.3 is 34.9 Å². The van der Waals surface area contributed by atoms with Crippen LogP contribution in [0.1, 0.15) is 48.9 Å². The molecule has 4 atom stereocenters. The van der Waals surface area contributed by atoms with Gasteiger partial charge in [0.25, 0.3) is 0 Å². The van der Waals surface area contributed by atoms with E-state index in [0.717, 1.165) is 46.1 Å². The normalized spacial score (nSPS) is 21.0. The zero-order valence-electron chi connectivity index (χ0n) is 34.3. The molecule has 0 radical (unpaired) electrons. The second kappa shape index (κ2) is 18.4. The van der Waals surface area contributed by atoms with Gasteiger partial charge in [0.15, 0.2) is 0 Å². The fraction of sp³-hybridized carbons (Fsp3) is 0.375. The number of nitrogens with one attached hydrogen (secondary N) is 3. The summed E-state index contributed by atoms with van der Waals surface area (Å²) in [6.07, 6.45) is 2.75. The van der Waals surface area contributed by atoms with Gasteiger partial charge in [0.05, 0.1) is 26.4 Å². The van der Waals surface area contributed by atoms with Crippen LogP contribution in [0.25, 0.3) is 22.2 Å². The second-order valence-electron chi connectivity index (χ2n) is 16.3. The Kier molecular flexibility index (Phi) is 12.2. The Labute approximate surface area is 356 Å². The number of rotatable bonds is 11. The van der Waals surface area contributed by atoms with Gasteiger partial charge in [-0.1, -0.05) is 72.8 Å². The summed E-state index contributed by atoms with van der Waals surface area (Å²) in [6.45, 7) is 6.00. The molecule has 3 N–H and O–H groups in total. The fourth-order valence-corrected chi connectivity index (χ4v) is 9.43. The summed E-state index contributed by atoms with van der Waals surface area (Å²) in [7, 11) is 0. The Balaban J connectivity index is 0.842. The standard InChI is InChI=1S/C48H53N7O6/c56-45(41-13-7-21-54(41)47(58)43(34-9-3-1-4-10-34)52-23-27-60-28-24-52)49-37-17-15-33(16-18-37)40-32-36-31-38(19-20-39(36)51-40)50-46(57)42-14-8-22-55(42)48(59)44(35-11-5-2-6-12-35)53-25-29-61-30-26-53/h1-6,9-12,15-20,31-32,41-44,51H,7-8,13-14,21-30H2,(H,49,56)(H,50,57)/t41-,42-,43+,44+/m0/s1. The van der Waals surface area contributed by atoms with Gasteiger partial charge in [-0.2, -0.15) is 0 Å². The van der Waals surface area contributed by atoms with E-state index in [4.69, 9.17) is 9.47 Å². The quantitative estimate of drug-likeness (QED) is 0.151. The van der Waals surface area contributed by atoms with Gasteiger partial charge in [0.2, 0.25) is 23.6 Å². The summed E-state index contributed by atoms with van der Waals surface area (Å²) in [5.74, 6) is -0.472. The third kappa shape index (κ3) is 8.83. The van der Waals surface area contributed by atoms with Crippen LogP contribution >= 0.6 is 0 Å². The molecule has 0 bridgehead atoms. The van der Waals surface area contributed by atoms with E-state index in [-0.39, 0.29) is 23.6 Å². The Morgan fingerprint density at radius 1 is 0.557 bits per heavy atom. The zero-order chi connectivity index (χ0) is 41.7. The molecule has 1 aromatic heterocycles. The third-order valence-electron chi connectivity index (χ3n) is 12.5. The molecule has 4 aliphatic rings. The number of carbonyl (C=O) groups excluding carboxylic acids is 4. The summed E-state index contributed by atoms with van der Waals surface area (Å²) >= 11 is 0. The van der Waals surface area contributed by atoms with Crippen LogP contribution < -0.4 is 10.6 Å². The van der Waals surface area contributed by atoms with Crippen molar-refractivity contribution in [1.82, 2.24) is 24.6 Å². The third-order valence-corrected chi connectivity index (χ3v) is 12.5. The lowest BCUT2D eigenvalue weighted by Gasteiger charge is -2.37. The molecule has 4 fully saturated rings. The Morgan fingerprint density at radius 3 is 1.54 bits per heavy atom. The fourth-order valence-electron chi connectivity index (χ4n) is 9.43. The predicted octanol–water partition coefficient (Wildman–Crippen LogP) is 5.84. The molecule has 316 valence electrons. The number of likely N-dealkylation sites (tertiary alicyclic amines) is 2. The van der Waals surface area contributed by atoms with Crippen LogP contribution in [0.3, 0.4) is 0 Å². The number of aromatic amines is 1. The topological polar surface area (TPSA) is 140 Å². The lowest BCUT2D eigenvalue weighted by Crippen LogP contribution is -2.50. The zero-order valence-corrected chi connectivity index (χ0v) is 34.3. The van der Waals surface area contributed by atoms with Crippen molar-refractivity contribution in [2.45, 2.75) is 49.9 Å². The maximum absolute atomic E-state index is 14.2. The number of benzene rings is 4. The second-order valence-corrected chi connectivity index (χ2v) is 16.3. The van der Waals surface area contributed by atoms with E-state index >= 15 is 0 Å². The van der Waals surface area contributed by atoms with Crippen LogP contribution in [0.4, 0.5) is 11.4 Å². The maximum atomic E-state index is 14.2. The highest BCUT2D eigenvalue weighted by molar-refractivity contribution is 6.01. The van der Waals surface area contributed by atoms with Crippen molar-refractivity contribution in [2.24, 2.45) is 0 Å². The monoisotopic (exact) mass is 823 g/mol. The molecular formula is C48H53N7O6. The van der Waals surface area contributed by atoms with Gasteiger partial charge in [-0.05, 0) is 78.8 Å². The number of aromatic nitrogens is 1. The Bertz CT molecular complexity index is 2330. The first-order valence-corrected chi connectivity index (χ1v) is 21.6. The van der Waals surface area contributed by atoms with E-state index in [1.165, 1.54) is 0 Å². The molecule has 0 aliphatic carbocycles. The highest BCUT2D eigenvalue weighted by atomic mass is 16.5. The van der Waals surface area contributed by atoms with Gasteiger partial charge in [-0.15, -0.1) is 0 Å². The number of hydrogen-bond donors (Lipinski definition) is 3. The van der Waals surface area contributed by atoms with Crippen molar-refractivity contribution in [3.8, 4) is 11.3 Å². The maximum Gasteiger partial charge on any atom is 0.247 e. The highest BCUT2D eigenvalue weighted by Crippen LogP contribution is 2.33. The molecule has 5 aromatic rings. The average Bonchev–Trinajstić information content (AvgIpc) is 4.09. The predicted molar refractivity (Wildman–Crippen MR) is 234 cm³/mol. The lowest BCUT2D eigenvalue weighted by molar-refractivity contribution is -0.143. The minimum absolute atomic E-state index is 0.0466. The average molecular weight is 824 g/mol. The Morgan fingerprint density at radius 2 is 1.03 bits per heavy atom. The van der Waals surface area contributed by atoms with Crippen LogP contribution in [-0.4, -0.2) is 126 Å². The van der Waals surface area contributed by atoms with Crippen molar-refractivity contribution >= 4 is 45.9 Å². The van der Waals surface area contributed by atoms with E-state index < -0.39 is 24.2 Å². The molecule has 13 nitrogen and oxygen atoms in total. The van der Waals surface area contributed by atoms with Gasteiger partial charge in [0.1, 0.15) is 24.2 Å². The first kappa shape index (κ1) is 40.5. The van der Waals surface area contributed by atoms with Crippen molar-refractivity contribution in [1.29, 1.82) is 0 Å². The molecule has 9 rings (SSSR count). The minimum atomic E-state index is -0.560. The molecule has 61 heavy (non-hydrogen) atoms. The van der Waals surface area contributed by atoms with Crippen molar-refractivity contribution in [2.75, 3.05) is 76.3 Å². The van der Waals surface area contributed by atoms with Gasteiger partial charge >= 0.3 is 0 Å². The molecule has 5 heterocycles.